The van der Waals surface area contributed by atoms with Crippen molar-refractivity contribution in [2.24, 2.45) is 7.05 Å². The molecule has 0 saturated carbocycles. The summed E-state index contributed by atoms with van der Waals surface area (Å²) in [6.07, 6.45) is 0. The van der Waals surface area contributed by atoms with Gasteiger partial charge in [0.05, 0.1) is 21.0 Å². The fourth-order valence-corrected chi connectivity index (χ4v) is 2.55. The fourth-order valence-electron chi connectivity index (χ4n) is 2.35. The van der Waals surface area contributed by atoms with Crippen molar-refractivity contribution >= 4 is 28.3 Å². The van der Waals surface area contributed by atoms with Gasteiger partial charge in [0.2, 0.25) is 0 Å². The summed E-state index contributed by atoms with van der Waals surface area (Å²) in [5.74, 6) is 0.615. The smallest absolute Gasteiger partial charge is 0.270 e. The van der Waals surface area contributed by atoms with Crippen LogP contribution in [0.4, 0.5) is 5.69 Å². The number of benzene rings is 2. The van der Waals surface area contributed by atoms with Crippen LogP contribution in [-0.2, 0) is 7.05 Å². The van der Waals surface area contributed by atoms with Crippen molar-refractivity contribution in [3.8, 4) is 11.4 Å². The van der Waals surface area contributed by atoms with Crippen LogP contribution in [0.5, 0.6) is 0 Å². The van der Waals surface area contributed by atoms with Crippen LogP contribution in [-0.4, -0.2) is 14.5 Å². The minimum absolute atomic E-state index is 0.00219. The Balaban J connectivity index is 2.27. The molecular formula is C15H12ClN3O2. The maximum absolute atomic E-state index is 10.9. The topological polar surface area (TPSA) is 61.0 Å². The van der Waals surface area contributed by atoms with E-state index in [1.165, 1.54) is 18.2 Å². The molecule has 1 heterocycles. The van der Waals surface area contributed by atoms with Gasteiger partial charge in [-0.25, -0.2) is 4.98 Å². The maximum Gasteiger partial charge on any atom is 0.270 e. The molecule has 0 saturated heterocycles. The van der Waals surface area contributed by atoms with Gasteiger partial charge in [0.25, 0.3) is 5.69 Å². The van der Waals surface area contributed by atoms with Gasteiger partial charge in [0, 0.05) is 24.7 Å². The van der Waals surface area contributed by atoms with Gasteiger partial charge in [0.15, 0.2) is 0 Å². The lowest BCUT2D eigenvalue weighted by molar-refractivity contribution is -0.384. The molecule has 0 fully saturated rings. The van der Waals surface area contributed by atoms with Crippen molar-refractivity contribution in [3.05, 3.63) is 57.1 Å². The molecule has 0 aliphatic heterocycles. The number of rotatable bonds is 2. The average Bonchev–Trinajstić information content (AvgIpc) is 2.75. The van der Waals surface area contributed by atoms with E-state index in [2.05, 4.69) is 4.98 Å². The van der Waals surface area contributed by atoms with Crippen LogP contribution >= 0.6 is 11.6 Å². The van der Waals surface area contributed by atoms with Gasteiger partial charge >= 0.3 is 0 Å². The molecule has 2 aromatic carbocycles. The van der Waals surface area contributed by atoms with Gasteiger partial charge < -0.3 is 4.57 Å². The Morgan fingerprint density at radius 2 is 2.00 bits per heavy atom. The first-order chi connectivity index (χ1) is 9.97. The minimum atomic E-state index is -0.438. The van der Waals surface area contributed by atoms with Gasteiger partial charge in [-0.1, -0.05) is 17.7 Å². The van der Waals surface area contributed by atoms with Crippen molar-refractivity contribution in [1.29, 1.82) is 0 Å². The van der Waals surface area contributed by atoms with Crippen molar-refractivity contribution in [2.45, 2.75) is 6.92 Å². The summed E-state index contributed by atoms with van der Waals surface area (Å²) < 4.78 is 1.89. The van der Waals surface area contributed by atoms with E-state index in [-0.39, 0.29) is 5.69 Å². The summed E-state index contributed by atoms with van der Waals surface area (Å²) in [5, 5.41) is 11.4. The highest BCUT2D eigenvalue weighted by atomic mass is 35.5. The second-order valence-corrected chi connectivity index (χ2v) is 5.32. The van der Waals surface area contributed by atoms with Crippen LogP contribution in [0.2, 0.25) is 5.02 Å². The highest BCUT2D eigenvalue weighted by Gasteiger charge is 2.16. The first kappa shape index (κ1) is 13.6. The monoisotopic (exact) mass is 301 g/mol. The molecule has 3 aromatic rings. The predicted molar refractivity (Wildman–Crippen MR) is 82.6 cm³/mol. The molecule has 0 aliphatic carbocycles. The summed E-state index contributed by atoms with van der Waals surface area (Å²) in [5.41, 5.74) is 3.46. The summed E-state index contributed by atoms with van der Waals surface area (Å²) >= 11 is 6.19. The van der Waals surface area contributed by atoms with Gasteiger partial charge in [-0.05, 0) is 30.7 Å². The highest BCUT2D eigenvalue weighted by molar-refractivity contribution is 6.33. The van der Waals surface area contributed by atoms with E-state index >= 15 is 0 Å². The molecular weight excluding hydrogens is 290 g/mol. The zero-order valence-electron chi connectivity index (χ0n) is 11.5. The molecule has 0 N–H and O–H groups in total. The number of nitro benzene ring substituents is 1. The van der Waals surface area contributed by atoms with Crippen molar-refractivity contribution < 1.29 is 4.92 Å². The minimum Gasteiger partial charge on any atom is -0.327 e. The van der Waals surface area contributed by atoms with Gasteiger partial charge in [0.1, 0.15) is 5.82 Å². The van der Waals surface area contributed by atoms with E-state index in [0.29, 0.717) is 16.4 Å². The van der Waals surface area contributed by atoms with Crippen LogP contribution in [0.3, 0.4) is 0 Å². The number of hydrogen-bond donors (Lipinski definition) is 0. The maximum atomic E-state index is 10.9. The van der Waals surface area contributed by atoms with Crippen LogP contribution in [0.15, 0.2) is 36.4 Å². The second kappa shape index (κ2) is 4.86. The van der Waals surface area contributed by atoms with Crippen molar-refractivity contribution in [3.63, 3.8) is 0 Å². The fraction of sp³-hybridized carbons (Fsp3) is 0.133. The number of non-ortho nitro benzene ring substituents is 1. The molecule has 0 radical (unpaired) electrons. The first-order valence-corrected chi connectivity index (χ1v) is 6.72. The van der Waals surface area contributed by atoms with Crippen LogP contribution < -0.4 is 0 Å². The van der Waals surface area contributed by atoms with Crippen molar-refractivity contribution in [2.75, 3.05) is 0 Å². The summed E-state index contributed by atoms with van der Waals surface area (Å²) in [7, 11) is 1.87. The lowest BCUT2D eigenvalue weighted by atomic mass is 10.2. The quantitative estimate of drug-likeness (QED) is 0.528. The third-order valence-electron chi connectivity index (χ3n) is 3.44. The SMILES string of the molecule is Cc1ccc2c(c1)nc(-c1cc([N+](=O)[O-])ccc1Cl)n2C. The Morgan fingerprint density at radius 3 is 2.71 bits per heavy atom. The normalized spacial score (nSPS) is 11.0. The Labute approximate surface area is 125 Å². The molecule has 5 nitrogen and oxygen atoms in total. The van der Waals surface area contributed by atoms with E-state index in [0.717, 1.165) is 16.6 Å². The third kappa shape index (κ3) is 2.25. The lowest BCUT2D eigenvalue weighted by Gasteiger charge is -2.04. The molecule has 21 heavy (non-hydrogen) atoms. The number of aromatic nitrogens is 2. The van der Waals surface area contributed by atoms with Crippen molar-refractivity contribution in [1.82, 2.24) is 9.55 Å². The molecule has 3 rings (SSSR count). The van der Waals surface area contributed by atoms with E-state index in [9.17, 15) is 10.1 Å². The molecule has 1 aromatic heterocycles. The first-order valence-electron chi connectivity index (χ1n) is 6.35. The highest BCUT2D eigenvalue weighted by Crippen LogP contribution is 2.32. The summed E-state index contributed by atoms with van der Waals surface area (Å²) in [4.78, 5) is 15.1. The van der Waals surface area contributed by atoms with E-state index in [4.69, 9.17) is 11.6 Å². The molecule has 6 heteroatoms. The molecule has 0 spiro atoms. The number of halogens is 1. The summed E-state index contributed by atoms with van der Waals surface area (Å²) in [6.45, 7) is 1.99. The number of nitrogens with zero attached hydrogens (tertiary/aromatic N) is 3. The Bertz CT molecular complexity index is 871. The molecule has 0 bridgehead atoms. The van der Waals surface area contributed by atoms with Crippen LogP contribution in [0.25, 0.3) is 22.4 Å². The van der Waals surface area contributed by atoms with Crippen LogP contribution in [0, 0.1) is 17.0 Å². The molecule has 0 amide bonds. The largest absolute Gasteiger partial charge is 0.327 e. The third-order valence-corrected chi connectivity index (χ3v) is 3.77. The second-order valence-electron chi connectivity index (χ2n) is 4.91. The molecule has 0 unspecified atom stereocenters. The van der Waals surface area contributed by atoms with Gasteiger partial charge in [-0.3, -0.25) is 10.1 Å². The van der Waals surface area contributed by atoms with Gasteiger partial charge in [-0.2, -0.15) is 0 Å². The molecule has 0 atom stereocenters. The molecule has 0 aliphatic rings. The Hall–Kier alpha value is -2.40. The number of imidazole rings is 1. The predicted octanol–water partition coefficient (Wildman–Crippen LogP) is 4.11. The van der Waals surface area contributed by atoms with E-state index in [1.807, 2.05) is 36.7 Å². The Morgan fingerprint density at radius 1 is 1.24 bits per heavy atom. The number of fused-ring (bicyclic) bond motifs is 1. The van der Waals surface area contributed by atoms with Gasteiger partial charge in [-0.15, -0.1) is 0 Å². The summed E-state index contributed by atoms with van der Waals surface area (Å²) in [6, 6.07) is 10.3. The standard InChI is InChI=1S/C15H12ClN3O2/c1-9-3-6-14-13(7-9)17-15(18(14)2)11-8-10(19(20)21)4-5-12(11)16/h3-8H,1-2H3. The Kier molecular flexibility index (Phi) is 3.14. The zero-order valence-corrected chi connectivity index (χ0v) is 12.3. The molecule has 106 valence electrons. The lowest BCUT2D eigenvalue weighted by Crippen LogP contribution is -1.95. The zero-order chi connectivity index (χ0) is 15.1. The number of hydrogen-bond acceptors (Lipinski definition) is 3. The number of nitro groups is 1. The van der Waals surface area contributed by atoms with E-state index < -0.39 is 4.92 Å². The van der Waals surface area contributed by atoms with E-state index in [1.54, 1.807) is 0 Å². The van der Waals surface area contributed by atoms with Crippen LogP contribution in [0.1, 0.15) is 5.56 Å². The average molecular weight is 302 g/mol. The number of aryl methyl sites for hydroxylation is 2.